The first-order valence-corrected chi connectivity index (χ1v) is 5.65. The topological polar surface area (TPSA) is 60.9 Å². The minimum Gasteiger partial charge on any atom is -0.396 e. The number of hydrogen-bond donors (Lipinski definition) is 3. The van der Waals surface area contributed by atoms with Gasteiger partial charge in [0.2, 0.25) is 0 Å². The molecule has 0 bridgehead atoms. The van der Waals surface area contributed by atoms with Crippen LogP contribution in [0.5, 0.6) is 0 Å². The molecule has 0 unspecified atom stereocenters. The first-order valence-electron chi connectivity index (χ1n) is 5.65. The van der Waals surface area contributed by atoms with E-state index in [1.165, 1.54) is 12.8 Å². The maximum atomic E-state index is 8.60. The summed E-state index contributed by atoms with van der Waals surface area (Å²) in [6.45, 7) is 4.22. The Morgan fingerprint density at radius 2 is 2.13 bits per heavy atom. The summed E-state index contributed by atoms with van der Waals surface area (Å²) in [5.74, 6) is 0. The Hall–Kier alpha value is -0.870. The van der Waals surface area contributed by atoms with Crippen LogP contribution in [0.2, 0.25) is 0 Å². The predicted octanol–water partition coefficient (Wildman–Crippen LogP) is 1.36. The van der Waals surface area contributed by atoms with Crippen molar-refractivity contribution in [3.8, 4) is 0 Å². The minimum atomic E-state index is 0.319. The third-order valence-corrected chi connectivity index (χ3v) is 2.49. The van der Waals surface area contributed by atoms with Gasteiger partial charge in [0, 0.05) is 18.8 Å². The number of imidazole rings is 1. The van der Waals surface area contributed by atoms with E-state index in [0.717, 1.165) is 37.3 Å². The molecule has 0 saturated carbocycles. The van der Waals surface area contributed by atoms with Gasteiger partial charge in [0.05, 0.1) is 12.0 Å². The van der Waals surface area contributed by atoms with Crippen LogP contribution in [0.3, 0.4) is 0 Å². The second-order valence-electron chi connectivity index (χ2n) is 3.79. The molecule has 1 heterocycles. The van der Waals surface area contributed by atoms with Crippen molar-refractivity contribution in [2.45, 2.75) is 39.2 Å². The summed E-state index contributed by atoms with van der Waals surface area (Å²) in [4.78, 5) is 7.27. The van der Waals surface area contributed by atoms with Crippen molar-refractivity contribution in [2.24, 2.45) is 0 Å². The van der Waals surface area contributed by atoms with Crippen molar-refractivity contribution in [1.29, 1.82) is 0 Å². The standard InChI is InChI=1S/C11H21N3O/c1-10-11(14-9-13-10)8-12-6-4-2-3-5-7-15/h9,12,15H,2-8H2,1H3,(H,13,14). The van der Waals surface area contributed by atoms with Gasteiger partial charge in [-0.05, 0) is 26.3 Å². The van der Waals surface area contributed by atoms with Crippen LogP contribution in [0.4, 0.5) is 0 Å². The van der Waals surface area contributed by atoms with Gasteiger partial charge in [0.25, 0.3) is 0 Å². The quantitative estimate of drug-likeness (QED) is 0.569. The van der Waals surface area contributed by atoms with Crippen molar-refractivity contribution in [2.75, 3.05) is 13.2 Å². The molecule has 0 fully saturated rings. The molecule has 15 heavy (non-hydrogen) atoms. The van der Waals surface area contributed by atoms with Crippen LogP contribution in [0.15, 0.2) is 6.33 Å². The Morgan fingerprint density at radius 1 is 1.33 bits per heavy atom. The fourth-order valence-electron chi connectivity index (χ4n) is 1.49. The molecule has 4 nitrogen and oxygen atoms in total. The molecule has 0 aliphatic carbocycles. The van der Waals surface area contributed by atoms with Gasteiger partial charge in [0.1, 0.15) is 0 Å². The molecular weight excluding hydrogens is 190 g/mol. The molecule has 0 aliphatic rings. The summed E-state index contributed by atoms with van der Waals surface area (Å²) in [5.41, 5.74) is 2.24. The van der Waals surface area contributed by atoms with Crippen LogP contribution < -0.4 is 5.32 Å². The fraction of sp³-hybridized carbons (Fsp3) is 0.727. The number of nitrogens with zero attached hydrogens (tertiary/aromatic N) is 1. The summed E-state index contributed by atoms with van der Waals surface area (Å²) in [7, 11) is 0. The highest BCUT2D eigenvalue weighted by molar-refractivity contribution is 5.07. The maximum absolute atomic E-state index is 8.60. The highest BCUT2D eigenvalue weighted by Gasteiger charge is 1.98. The van der Waals surface area contributed by atoms with E-state index >= 15 is 0 Å². The van der Waals surface area contributed by atoms with Crippen molar-refractivity contribution < 1.29 is 5.11 Å². The molecule has 0 aromatic carbocycles. The molecule has 0 amide bonds. The van der Waals surface area contributed by atoms with E-state index in [2.05, 4.69) is 15.3 Å². The van der Waals surface area contributed by atoms with E-state index in [4.69, 9.17) is 5.11 Å². The fourth-order valence-corrected chi connectivity index (χ4v) is 1.49. The van der Waals surface area contributed by atoms with Crippen LogP contribution in [0.1, 0.15) is 37.1 Å². The molecule has 1 aromatic heterocycles. The first-order chi connectivity index (χ1) is 7.34. The van der Waals surface area contributed by atoms with Crippen molar-refractivity contribution in [1.82, 2.24) is 15.3 Å². The number of aliphatic hydroxyl groups excluding tert-OH is 1. The largest absolute Gasteiger partial charge is 0.396 e. The Balaban J connectivity index is 1.96. The van der Waals surface area contributed by atoms with E-state index in [9.17, 15) is 0 Å². The number of nitrogens with one attached hydrogen (secondary N) is 2. The summed E-state index contributed by atoms with van der Waals surface area (Å²) in [6.07, 6.45) is 6.14. The third kappa shape index (κ3) is 4.95. The Labute approximate surface area is 91.1 Å². The van der Waals surface area contributed by atoms with Crippen LogP contribution >= 0.6 is 0 Å². The number of H-pyrrole nitrogens is 1. The molecule has 1 rings (SSSR count). The molecule has 0 radical (unpaired) electrons. The Kier molecular flexibility index (Phi) is 6.04. The molecular formula is C11H21N3O. The zero-order valence-corrected chi connectivity index (χ0v) is 9.42. The summed E-state index contributed by atoms with van der Waals surface area (Å²) < 4.78 is 0. The molecule has 0 aliphatic heterocycles. The lowest BCUT2D eigenvalue weighted by Gasteiger charge is -2.03. The van der Waals surface area contributed by atoms with Gasteiger partial charge in [-0.3, -0.25) is 0 Å². The number of rotatable bonds is 8. The zero-order chi connectivity index (χ0) is 10.9. The minimum absolute atomic E-state index is 0.319. The van der Waals surface area contributed by atoms with E-state index in [1.807, 2.05) is 6.92 Å². The number of unbranched alkanes of at least 4 members (excludes halogenated alkanes) is 3. The molecule has 4 heteroatoms. The number of aromatic nitrogens is 2. The zero-order valence-electron chi connectivity index (χ0n) is 9.42. The van der Waals surface area contributed by atoms with Gasteiger partial charge in [-0.2, -0.15) is 0 Å². The van der Waals surface area contributed by atoms with Gasteiger partial charge in [-0.1, -0.05) is 12.8 Å². The van der Waals surface area contributed by atoms with Crippen LogP contribution in [-0.2, 0) is 6.54 Å². The molecule has 0 atom stereocenters. The van der Waals surface area contributed by atoms with Crippen molar-refractivity contribution in [3.63, 3.8) is 0 Å². The predicted molar refractivity (Wildman–Crippen MR) is 60.6 cm³/mol. The molecule has 3 N–H and O–H groups in total. The van der Waals surface area contributed by atoms with Crippen LogP contribution in [0.25, 0.3) is 0 Å². The third-order valence-electron chi connectivity index (χ3n) is 2.49. The Bertz CT molecular complexity index is 260. The average Bonchev–Trinajstić information content (AvgIpc) is 2.63. The average molecular weight is 211 g/mol. The molecule has 86 valence electrons. The van der Waals surface area contributed by atoms with E-state index in [-0.39, 0.29) is 0 Å². The normalized spacial score (nSPS) is 10.8. The monoisotopic (exact) mass is 211 g/mol. The summed E-state index contributed by atoms with van der Waals surface area (Å²) in [5, 5.41) is 12.0. The van der Waals surface area contributed by atoms with E-state index < -0.39 is 0 Å². The first kappa shape index (κ1) is 12.2. The van der Waals surface area contributed by atoms with Crippen molar-refractivity contribution in [3.05, 3.63) is 17.7 Å². The van der Waals surface area contributed by atoms with E-state index in [1.54, 1.807) is 6.33 Å². The highest BCUT2D eigenvalue weighted by Crippen LogP contribution is 2.00. The summed E-state index contributed by atoms with van der Waals surface area (Å²) in [6, 6.07) is 0. The number of aromatic amines is 1. The lowest BCUT2D eigenvalue weighted by atomic mass is 10.2. The summed E-state index contributed by atoms with van der Waals surface area (Å²) >= 11 is 0. The SMILES string of the molecule is Cc1[nH]cnc1CNCCCCCCO. The van der Waals surface area contributed by atoms with E-state index in [0.29, 0.717) is 6.61 Å². The molecule has 1 aromatic rings. The van der Waals surface area contributed by atoms with Crippen molar-refractivity contribution >= 4 is 0 Å². The number of aliphatic hydroxyl groups is 1. The second kappa shape index (κ2) is 7.43. The van der Waals surface area contributed by atoms with Gasteiger partial charge in [-0.25, -0.2) is 4.98 Å². The maximum Gasteiger partial charge on any atom is 0.0925 e. The van der Waals surface area contributed by atoms with Crippen LogP contribution in [-0.4, -0.2) is 28.2 Å². The number of hydrogen-bond acceptors (Lipinski definition) is 3. The smallest absolute Gasteiger partial charge is 0.0925 e. The highest BCUT2D eigenvalue weighted by atomic mass is 16.2. The lowest BCUT2D eigenvalue weighted by Crippen LogP contribution is -2.15. The van der Waals surface area contributed by atoms with Gasteiger partial charge < -0.3 is 15.4 Å². The lowest BCUT2D eigenvalue weighted by molar-refractivity contribution is 0.282. The van der Waals surface area contributed by atoms with Gasteiger partial charge >= 0.3 is 0 Å². The molecule has 0 saturated heterocycles. The number of aryl methyl sites for hydroxylation is 1. The van der Waals surface area contributed by atoms with Gasteiger partial charge in [0.15, 0.2) is 0 Å². The molecule has 0 spiro atoms. The van der Waals surface area contributed by atoms with Gasteiger partial charge in [-0.15, -0.1) is 0 Å². The Morgan fingerprint density at radius 3 is 2.80 bits per heavy atom. The van der Waals surface area contributed by atoms with Crippen LogP contribution in [0, 0.1) is 6.92 Å². The second-order valence-corrected chi connectivity index (χ2v) is 3.79.